The maximum Gasteiger partial charge on any atom is 0.343 e. The first-order valence-corrected chi connectivity index (χ1v) is 9.29. The van der Waals surface area contributed by atoms with E-state index in [1.807, 2.05) is 31.2 Å². The van der Waals surface area contributed by atoms with Gasteiger partial charge in [0.2, 0.25) is 0 Å². The van der Waals surface area contributed by atoms with Crippen LogP contribution in [-0.4, -0.2) is 25.3 Å². The molecule has 3 rings (SSSR count). The summed E-state index contributed by atoms with van der Waals surface area (Å²) in [5.74, 6) is 0.191. The van der Waals surface area contributed by atoms with E-state index in [-0.39, 0.29) is 18.2 Å². The average molecular weight is 354 g/mol. The zero-order valence-electron chi connectivity index (χ0n) is 15.4. The molecule has 2 aromatic rings. The Balaban J connectivity index is 1.60. The molecule has 1 saturated heterocycles. The Morgan fingerprint density at radius 1 is 1.12 bits per heavy atom. The monoisotopic (exact) mass is 354 g/mol. The number of carbonyl (C=O) groups excluding carboxylic acids is 1. The first-order valence-electron chi connectivity index (χ1n) is 9.29. The number of epoxide rings is 1. The number of unbranched alkanes of at least 4 members (excludes halogenated alkanes) is 2. The highest BCUT2D eigenvalue weighted by Gasteiger charge is 2.34. The van der Waals surface area contributed by atoms with Crippen molar-refractivity contribution in [3.63, 3.8) is 0 Å². The molecule has 0 aliphatic carbocycles. The first kappa shape index (κ1) is 18.6. The second-order valence-corrected chi connectivity index (χ2v) is 6.69. The van der Waals surface area contributed by atoms with Crippen LogP contribution in [0.4, 0.5) is 0 Å². The second-order valence-electron chi connectivity index (χ2n) is 6.69. The molecular formula is C22H26O4. The molecule has 4 nitrogen and oxygen atoms in total. The number of aryl methyl sites for hydroxylation is 1. The fraction of sp³-hybridized carbons (Fsp3) is 0.409. The molecule has 1 fully saturated rings. The van der Waals surface area contributed by atoms with Crippen LogP contribution in [-0.2, 0) is 9.47 Å². The second kappa shape index (κ2) is 8.97. The normalized spacial score (nSPS) is 16.9. The Hall–Kier alpha value is -2.17. The largest absolute Gasteiger partial charge is 0.423 e. The lowest BCUT2D eigenvalue weighted by Gasteiger charge is -2.16. The van der Waals surface area contributed by atoms with Crippen molar-refractivity contribution in [3.8, 4) is 5.75 Å². The molecule has 4 heteroatoms. The molecular weight excluding hydrogens is 328 g/mol. The fourth-order valence-corrected chi connectivity index (χ4v) is 2.79. The van der Waals surface area contributed by atoms with Gasteiger partial charge in [-0.1, -0.05) is 49.6 Å². The van der Waals surface area contributed by atoms with E-state index in [1.54, 1.807) is 24.3 Å². The highest BCUT2D eigenvalue weighted by molar-refractivity contribution is 5.91. The van der Waals surface area contributed by atoms with E-state index in [0.29, 0.717) is 11.3 Å². The van der Waals surface area contributed by atoms with Crippen LogP contribution in [0.25, 0.3) is 0 Å². The van der Waals surface area contributed by atoms with Crippen molar-refractivity contribution in [2.75, 3.05) is 13.2 Å². The van der Waals surface area contributed by atoms with E-state index in [0.717, 1.165) is 30.8 Å². The Kier molecular flexibility index (Phi) is 6.42. The van der Waals surface area contributed by atoms with Crippen molar-refractivity contribution in [2.24, 2.45) is 0 Å². The van der Waals surface area contributed by atoms with E-state index < -0.39 is 0 Å². The smallest absolute Gasteiger partial charge is 0.343 e. The van der Waals surface area contributed by atoms with E-state index in [2.05, 4.69) is 6.92 Å². The third kappa shape index (κ3) is 5.16. The van der Waals surface area contributed by atoms with Crippen LogP contribution < -0.4 is 4.74 Å². The van der Waals surface area contributed by atoms with Crippen LogP contribution in [0, 0.1) is 6.92 Å². The minimum Gasteiger partial charge on any atom is -0.423 e. The van der Waals surface area contributed by atoms with Gasteiger partial charge in [-0.05, 0) is 43.2 Å². The summed E-state index contributed by atoms with van der Waals surface area (Å²) in [6, 6.07) is 14.9. The maximum atomic E-state index is 12.3. The van der Waals surface area contributed by atoms with Crippen molar-refractivity contribution in [2.45, 2.75) is 45.3 Å². The average Bonchev–Trinajstić information content (AvgIpc) is 3.49. The van der Waals surface area contributed by atoms with Gasteiger partial charge in [0.15, 0.2) is 0 Å². The van der Waals surface area contributed by atoms with E-state index in [1.165, 1.54) is 12.8 Å². The van der Waals surface area contributed by atoms with Gasteiger partial charge < -0.3 is 14.2 Å². The number of esters is 1. The van der Waals surface area contributed by atoms with Crippen LogP contribution in [0.5, 0.6) is 5.75 Å². The van der Waals surface area contributed by atoms with Crippen LogP contribution in [0.1, 0.15) is 53.8 Å². The summed E-state index contributed by atoms with van der Waals surface area (Å²) in [5, 5.41) is 0. The van der Waals surface area contributed by atoms with Gasteiger partial charge in [-0.15, -0.1) is 0 Å². The maximum absolute atomic E-state index is 12.3. The van der Waals surface area contributed by atoms with Crippen molar-refractivity contribution in [3.05, 3.63) is 65.2 Å². The number of ether oxygens (including phenoxy) is 3. The standard InChI is InChI=1S/C22H26O4/c1-3-4-5-14-24-21(20-15-25-20)17-8-10-18(11-9-17)22(23)26-19-12-6-16(2)7-13-19/h6-13,20-21H,3-5,14-15H2,1-2H3. The number of hydrogen-bond acceptors (Lipinski definition) is 4. The van der Waals surface area contributed by atoms with Crippen molar-refractivity contribution < 1.29 is 19.0 Å². The summed E-state index contributed by atoms with van der Waals surface area (Å²) < 4.78 is 16.9. The third-order valence-electron chi connectivity index (χ3n) is 4.45. The molecule has 2 unspecified atom stereocenters. The highest BCUT2D eigenvalue weighted by Crippen LogP contribution is 2.31. The lowest BCUT2D eigenvalue weighted by molar-refractivity contribution is 0.0300. The molecule has 1 aliphatic rings. The van der Waals surface area contributed by atoms with Crippen molar-refractivity contribution >= 4 is 5.97 Å². The van der Waals surface area contributed by atoms with E-state index in [9.17, 15) is 4.79 Å². The van der Waals surface area contributed by atoms with Gasteiger partial charge in [0.25, 0.3) is 0 Å². The molecule has 0 radical (unpaired) electrons. The van der Waals surface area contributed by atoms with Crippen LogP contribution in [0.2, 0.25) is 0 Å². The van der Waals surface area contributed by atoms with Crippen LogP contribution in [0.3, 0.4) is 0 Å². The van der Waals surface area contributed by atoms with Gasteiger partial charge in [0, 0.05) is 6.61 Å². The molecule has 0 saturated carbocycles. The highest BCUT2D eigenvalue weighted by atomic mass is 16.6. The van der Waals surface area contributed by atoms with Gasteiger partial charge in [-0.25, -0.2) is 4.79 Å². The molecule has 2 aromatic carbocycles. The van der Waals surface area contributed by atoms with E-state index in [4.69, 9.17) is 14.2 Å². The molecule has 1 aliphatic heterocycles. The predicted molar refractivity (Wildman–Crippen MR) is 101 cm³/mol. The summed E-state index contributed by atoms with van der Waals surface area (Å²) in [4.78, 5) is 12.3. The molecule has 0 aromatic heterocycles. The molecule has 0 bridgehead atoms. The van der Waals surface area contributed by atoms with E-state index >= 15 is 0 Å². The molecule has 0 spiro atoms. The Morgan fingerprint density at radius 3 is 2.42 bits per heavy atom. The molecule has 2 atom stereocenters. The molecule has 0 amide bonds. The van der Waals surface area contributed by atoms with Crippen molar-refractivity contribution in [1.82, 2.24) is 0 Å². The van der Waals surface area contributed by atoms with Crippen LogP contribution in [0.15, 0.2) is 48.5 Å². The third-order valence-corrected chi connectivity index (χ3v) is 4.45. The van der Waals surface area contributed by atoms with Gasteiger partial charge >= 0.3 is 5.97 Å². The summed E-state index contributed by atoms with van der Waals surface area (Å²) in [7, 11) is 0. The van der Waals surface area contributed by atoms with Gasteiger partial charge in [-0.3, -0.25) is 0 Å². The number of rotatable bonds is 9. The SMILES string of the molecule is CCCCCOC(c1ccc(C(=O)Oc2ccc(C)cc2)cc1)C1CO1. The molecule has 138 valence electrons. The zero-order chi connectivity index (χ0) is 18.4. The summed E-state index contributed by atoms with van der Waals surface area (Å²) in [5.41, 5.74) is 2.69. The van der Waals surface area contributed by atoms with Crippen molar-refractivity contribution in [1.29, 1.82) is 0 Å². The topological polar surface area (TPSA) is 48.1 Å². The number of hydrogen-bond donors (Lipinski definition) is 0. The molecule has 26 heavy (non-hydrogen) atoms. The van der Waals surface area contributed by atoms with Gasteiger partial charge in [0.1, 0.15) is 18.0 Å². The fourth-order valence-electron chi connectivity index (χ4n) is 2.79. The quantitative estimate of drug-likeness (QED) is 0.279. The minimum absolute atomic E-state index is 0.0611. The lowest BCUT2D eigenvalue weighted by Crippen LogP contribution is -2.13. The number of benzene rings is 2. The Bertz CT molecular complexity index is 702. The first-order chi connectivity index (χ1) is 12.7. The molecule has 0 N–H and O–H groups in total. The summed E-state index contributed by atoms with van der Waals surface area (Å²) in [6.07, 6.45) is 3.46. The molecule has 1 heterocycles. The number of carbonyl (C=O) groups is 1. The summed E-state index contributed by atoms with van der Waals surface area (Å²) in [6.45, 7) is 5.63. The Morgan fingerprint density at radius 2 is 1.81 bits per heavy atom. The van der Waals surface area contributed by atoms with Crippen LogP contribution >= 0.6 is 0 Å². The van der Waals surface area contributed by atoms with Gasteiger partial charge in [-0.2, -0.15) is 0 Å². The minimum atomic E-state index is -0.358. The summed E-state index contributed by atoms with van der Waals surface area (Å²) >= 11 is 0. The van der Waals surface area contributed by atoms with Gasteiger partial charge in [0.05, 0.1) is 12.2 Å². The lowest BCUT2D eigenvalue weighted by atomic mass is 10.0. The zero-order valence-corrected chi connectivity index (χ0v) is 15.4. The predicted octanol–water partition coefficient (Wildman–Crippen LogP) is 4.86. The Labute approximate surface area is 155 Å².